The highest BCUT2D eigenvalue weighted by Crippen LogP contribution is 2.24. The minimum atomic E-state index is 0.719. The maximum Gasteiger partial charge on any atom is 0.131 e. The Bertz CT molecular complexity index is 1010. The van der Waals surface area contributed by atoms with E-state index in [1.165, 1.54) is 0 Å². The summed E-state index contributed by atoms with van der Waals surface area (Å²) in [6.07, 6.45) is 2.94. The SMILES string of the molecule is CCN(CC)c1cccc(N2CCN(CCCNc3ccnc4cc(Cl)ccc34)CC2)n1. The molecule has 1 N–H and O–H groups in total. The zero-order valence-electron chi connectivity index (χ0n) is 19.1. The predicted octanol–water partition coefficient (Wildman–Crippen LogP) is 4.75. The van der Waals surface area contributed by atoms with Crippen LogP contribution in [0.3, 0.4) is 0 Å². The molecule has 1 aromatic carbocycles. The third-order valence-corrected chi connectivity index (χ3v) is 6.41. The van der Waals surface area contributed by atoms with Crippen LogP contribution in [0.25, 0.3) is 10.9 Å². The maximum absolute atomic E-state index is 6.09. The third-order valence-electron chi connectivity index (χ3n) is 6.17. The number of fused-ring (bicyclic) bond motifs is 1. The van der Waals surface area contributed by atoms with Gasteiger partial charge in [-0.25, -0.2) is 4.98 Å². The quantitative estimate of drug-likeness (QED) is 0.472. The number of nitrogens with zero attached hydrogens (tertiary/aromatic N) is 5. The first-order chi connectivity index (χ1) is 15.7. The Kier molecular flexibility index (Phi) is 7.66. The summed E-state index contributed by atoms with van der Waals surface area (Å²) in [6.45, 7) is 12.6. The molecule has 1 saturated heterocycles. The maximum atomic E-state index is 6.09. The molecule has 3 aromatic rings. The number of benzene rings is 1. The van der Waals surface area contributed by atoms with Gasteiger partial charge in [-0.15, -0.1) is 0 Å². The monoisotopic (exact) mass is 452 g/mol. The van der Waals surface area contributed by atoms with Crippen molar-refractivity contribution < 1.29 is 0 Å². The summed E-state index contributed by atoms with van der Waals surface area (Å²) in [4.78, 5) is 16.6. The van der Waals surface area contributed by atoms with E-state index in [1.807, 2.05) is 30.5 Å². The molecule has 0 radical (unpaired) electrons. The second-order valence-electron chi connectivity index (χ2n) is 8.16. The lowest BCUT2D eigenvalue weighted by Gasteiger charge is -2.35. The van der Waals surface area contributed by atoms with Crippen LogP contribution in [-0.4, -0.2) is 67.2 Å². The van der Waals surface area contributed by atoms with Gasteiger partial charge in [0.2, 0.25) is 0 Å². The van der Waals surface area contributed by atoms with Crippen LogP contribution in [0.4, 0.5) is 17.3 Å². The molecule has 0 spiro atoms. The van der Waals surface area contributed by atoms with Crippen LogP contribution in [-0.2, 0) is 0 Å². The minimum Gasteiger partial charge on any atom is -0.384 e. The number of nitrogens with one attached hydrogen (secondary N) is 1. The number of piperazine rings is 1. The van der Waals surface area contributed by atoms with E-state index < -0.39 is 0 Å². The van der Waals surface area contributed by atoms with Crippen LogP contribution in [0.5, 0.6) is 0 Å². The molecule has 1 fully saturated rings. The standard InChI is InChI=1S/C25H33ClN6/c1-3-31(4-2)24-7-5-8-25(29-24)32-17-15-30(16-18-32)14-6-12-27-22-11-13-28-23-19-20(26)9-10-21(22)23/h5,7-11,13,19H,3-4,6,12,14-18H2,1-2H3,(H,27,28). The van der Waals surface area contributed by atoms with Gasteiger partial charge in [0.15, 0.2) is 0 Å². The molecule has 0 aliphatic carbocycles. The van der Waals surface area contributed by atoms with E-state index in [-0.39, 0.29) is 0 Å². The van der Waals surface area contributed by atoms with Crippen LogP contribution in [0.2, 0.25) is 5.02 Å². The minimum absolute atomic E-state index is 0.719. The predicted molar refractivity (Wildman–Crippen MR) is 136 cm³/mol. The number of rotatable bonds is 9. The van der Waals surface area contributed by atoms with E-state index in [9.17, 15) is 0 Å². The van der Waals surface area contributed by atoms with Gasteiger partial charge in [-0.2, -0.15) is 0 Å². The molecule has 1 aliphatic heterocycles. The molecule has 7 heteroatoms. The van der Waals surface area contributed by atoms with Crippen molar-refractivity contribution in [3.63, 3.8) is 0 Å². The van der Waals surface area contributed by atoms with E-state index in [1.54, 1.807) is 0 Å². The lowest BCUT2D eigenvalue weighted by atomic mass is 10.2. The van der Waals surface area contributed by atoms with Gasteiger partial charge in [0.25, 0.3) is 0 Å². The molecule has 3 heterocycles. The molecule has 170 valence electrons. The van der Waals surface area contributed by atoms with E-state index >= 15 is 0 Å². The second kappa shape index (κ2) is 10.8. The molecule has 4 rings (SSSR count). The Morgan fingerprint density at radius 2 is 1.84 bits per heavy atom. The zero-order valence-corrected chi connectivity index (χ0v) is 19.9. The fourth-order valence-corrected chi connectivity index (χ4v) is 4.48. The summed E-state index contributed by atoms with van der Waals surface area (Å²) in [7, 11) is 0. The van der Waals surface area contributed by atoms with Gasteiger partial charge >= 0.3 is 0 Å². The van der Waals surface area contributed by atoms with Crippen molar-refractivity contribution in [2.75, 3.05) is 67.5 Å². The molecule has 6 nitrogen and oxygen atoms in total. The van der Waals surface area contributed by atoms with E-state index in [0.29, 0.717) is 0 Å². The highest BCUT2D eigenvalue weighted by molar-refractivity contribution is 6.31. The van der Waals surface area contributed by atoms with Crippen molar-refractivity contribution in [1.29, 1.82) is 0 Å². The lowest BCUT2D eigenvalue weighted by Crippen LogP contribution is -2.47. The first kappa shape index (κ1) is 22.6. The summed E-state index contributed by atoms with van der Waals surface area (Å²) in [5, 5.41) is 5.41. The zero-order chi connectivity index (χ0) is 22.3. The first-order valence-corrected chi connectivity index (χ1v) is 12.0. The van der Waals surface area contributed by atoms with Crippen LogP contribution >= 0.6 is 11.6 Å². The summed E-state index contributed by atoms with van der Waals surface area (Å²) in [5.74, 6) is 2.17. The van der Waals surface area contributed by atoms with Gasteiger partial charge in [-0.05, 0) is 63.2 Å². The normalized spacial score (nSPS) is 14.7. The summed E-state index contributed by atoms with van der Waals surface area (Å²) < 4.78 is 0. The lowest BCUT2D eigenvalue weighted by molar-refractivity contribution is 0.256. The van der Waals surface area contributed by atoms with Crippen molar-refractivity contribution in [3.05, 3.63) is 53.7 Å². The smallest absolute Gasteiger partial charge is 0.131 e. The van der Waals surface area contributed by atoms with Crippen LogP contribution in [0.1, 0.15) is 20.3 Å². The Hall–Kier alpha value is -2.57. The average Bonchev–Trinajstić information content (AvgIpc) is 2.83. The van der Waals surface area contributed by atoms with Gasteiger partial charge < -0.3 is 15.1 Å². The van der Waals surface area contributed by atoms with Crippen LogP contribution in [0.15, 0.2) is 48.7 Å². The molecule has 2 aromatic heterocycles. The van der Waals surface area contributed by atoms with Crippen LogP contribution < -0.4 is 15.1 Å². The molecular weight excluding hydrogens is 420 g/mol. The van der Waals surface area contributed by atoms with Gasteiger partial charge in [0.05, 0.1) is 5.52 Å². The number of anilines is 3. The third kappa shape index (κ3) is 5.43. The topological polar surface area (TPSA) is 47.5 Å². The molecular formula is C25H33ClN6. The molecule has 1 aliphatic rings. The Morgan fingerprint density at radius 1 is 1.03 bits per heavy atom. The molecule has 0 bridgehead atoms. The van der Waals surface area contributed by atoms with Crippen molar-refractivity contribution in [3.8, 4) is 0 Å². The van der Waals surface area contributed by atoms with E-state index in [2.05, 4.69) is 57.0 Å². The highest BCUT2D eigenvalue weighted by atomic mass is 35.5. The fraction of sp³-hybridized carbons (Fsp3) is 0.440. The summed E-state index contributed by atoms with van der Waals surface area (Å²) >= 11 is 6.09. The van der Waals surface area contributed by atoms with Gasteiger partial charge in [0, 0.05) is 68.1 Å². The highest BCUT2D eigenvalue weighted by Gasteiger charge is 2.18. The van der Waals surface area contributed by atoms with Crippen molar-refractivity contribution in [2.24, 2.45) is 0 Å². The first-order valence-electron chi connectivity index (χ1n) is 11.7. The Balaban J connectivity index is 1.24. The number of halogens is 1. The number of hydrogen-bond donors (Lipinski definition) is 1. The molecule has 32 heavy (non-hydrogen) atoms. The van der Waals surface area contributed by atoms with Crippen LogP contribution in [0, 0.1) is 0 Å². The van der Waals surface area contributed by atoms with Gasteiger partial charge in [-0.3, -0.25) is 9.88 Å². The Morgan fingerprint density at radius 3 is 2.62 bits per heavy atom. The van der Waals surface area contributed by atoms with Crippen molar-refractivity contribution in [2.45, 2.75) is 20.3 Å². The van der Waals surface area contributed by atoms with E-state index in [0.717, 1.165) is 92.0 Å². The number of pyridine rings is 2. The Labute approximate surface area is 196 Å². The summed E-state index contributed by atoms with van der Waals surface area (Å²) in [5.41, 5.74) is 2.05. The molecule has 0 atom stereocenters. The van der Waals surface area contributed by atoms with Crippen molar-refractivity contribution in [1.82, 2.24) is 14.9 Å². The molecule has 0 unspecified atom stereocenters. The number of hydrogen-bond acceptors (Lipinski definition) is 6. The van der Waals surface area contributed by atoms with Gasteiger partial charge in [-0.1, -0.05) is 17.7 Å². The van der Waals surface area contributed by atoms with E-state index in [4.69, 9.17) is 16.6 Å². The average molecular weight is 453 g/mol. The molecule has 0 amide bonds. The molecule has 0 saturated carbocycles. The van der Waals surface area contributed by atoms with Crippen molar-refractivity contribution >= 4 is 39.8 Å². The largest absolute Gasteiger partial charge is 0.384 e. The fourth-order valence-electron chi connectivity index (χ4n) is 4.31. The second-order valence-corrected chi connectivity index (χ2v) is 8.59. The number of aromatic nitrogens is 2. The van der Waals surface area contributed by atoms with Gasteiger partial charge in [0.1, 0.15) is 11.6 Å². The summed E-state index contributed by atoms with van der Waals surface area (Å²) in [6, 6.07) is 14.3.